The molecule has 0 bridgehead atoms. The summed E-state index contributed by atoms with van der Waals surface area (Å²) < 4.78 is 0. The molecule has 3 nitrogen and oxygen atoms in total. The number of amides is 1. The van der Waals surface area contributed by atoms with Crippen molar-refractivity contribution in [2.24, 2.45) is 0 Å². The van der Waals surface area contributed by atoms with E-state index in [2.05, 4.69) is 29.2 Å². The van der Waals surface area contributed by atoms with E-state index in [9.17, 15) is 4.79 Å². The molecule has 0 aliphatic carbocycles. The van der Waals surface area contributed by atoms with Crippen LogP contribution in [0.5, 0.6) is 0 Å². The zero-order valence-corrected chi connectivity index (χ0v) is 12.1. The largest absolute Gasteiger partial charge is 0.338 e. The van der Waals surface area contributed by atoms with Gasteiger partial charge in [-0.1, -0.05) is 30.3 Å². The van der Waals surface area contributed by atoms with Crippen LogP contribution in [0.25, 0.3) is 0 Å². The van der Waals surface area contributed by atoms with E-state index in [1.54, 1.807) is 0 Å². The fraction of sp³-hybridized carbons (Fsp3) is 0.533. The lowest BCUT2D eigenvalue weighted by molar-refractivity contribution is -0.130. The third-order valence-electron chi connectivity index (χ3n) is 3.71. The molecule has 0 spiro atoms. The first-order valence-corrected chi connectivity index (χ1v) is 7.39. The Kier molecular flexibility index (Phi) is 5.23. The highest BCUT2D eigenvalue weighted by Crippen LogP contribution is 2.18. The maximum Gasteiger partial charge on any atom is 0.237 e. The maximum atomic E-state index is 11.8. The predicted molar refractivity (Wildman–Crippen MR) is 78.2 cm³/mol. The number of hydrogen-bond acceptors (Lipinski definition) is 2. The van der Waals surface area contributed by atoms with Crippen molar-refractivity contribution in [3.8, 4) is 0 Å². The third-order valence-corrected chi connectivity index (χ3v) is 3.94. The minimum atomic E-state index is 0.0516. The maximum absolute atomic E-state index is 11.8. The van der Waals surface area contributed by atoms with Crippen LogP contribution in [0.4, 0.5) is 0 Å². The topological polar surface area (TPSA) is 23.6 Å². The molecule has 1 unspecified atom stereocenters. The Morgan fingerprint density at radius 3 is 2.79 bits per heavy atom. The summed E-state index contributed by atoms with van der Waals surface area (Å²) in [6.07, 6.45) is 1.04. The summed E-state index contributed by atoms with van der Waals surface area (Å²) in [4.78, 5) is 16.1. The number of nitrogens with zero attached hydrogens (tertiary/aromatic N) is 2. The molecule has 0 saturated carbocycles. The highest BCUT2D eigenvalue weighted by molar-refractivity contribution is 6.27. The minimum Gasteiger partial charge on any atom is -0.338 e. The molecule has 0 aromatic heterocycles. The van der Waals surface area contributed by atoms with Gasteiger partial charge >= 0.3 is 0 Å². The van der Waals surface area contributed by atoms with Gasteiger partial charge < -0.3 is 4.90 Å². The van der Waals surface area contributed by atoms with Gasteiger partial charge in [-0.25, -0.2) is 0 Å². The standard InChI is InChI=1S/C15H21ClN2O/c1-2-18(15(19)10-16)14-8-9-17(12-14)11-13-6-4-3-5-7-13/h3-7,14H,2,8-12H2,1H3. The number of hydrogen-bond donors (Lipinski definition) is 0. The van der Waals surface area contributed by atoms with Crippen LogP contribution >= 0.6 is 11.6 Å². The normalized spacial score (nSPS) is 19.6. The van der Waals surface area contributed by atoms with Crippen LogP contribution in [-0.2, 0) is 11.3 Å². The summed E-state index contributed by atoms with van der Waals surface area (Å²) in [5.74, 6) is 0.138. The van der Waals surface area contributed by atoms with E-state index in [4.69, 9.17) is 11.6 Å². The number of halogens is 1. The van der Waals surface area contributed by atoms with Crippen molar-refractivity contribution in [3.05, 3.63) is 35.9 Å². The van der Waals surface area contributed by atoms with Gasteiger partial charge in [-0.15, -0.1) is 11.6 Å². The van der Waals surface area contributed by atoms with Crippen LogP contribution in [0.2, 0.25) is 0 Å². The predicted octanol–water partition coefficient (Wildman–Crippen LogP) is 2.35. The molecule has 0 radical (unpaired) electrons. The molecule has 104 valence electrons. The fourth-order valence-corrected chi connectivity index (χ4v) is 2.92. The Bertz CT molecular complexity index is 410. The van der Waals surface area contributed by atoms with Gasteiger partial charge in [-0.2, -0.15) is 0 Å². The Morgan fingerprint density at radius 1 is 1.42 bits per heavy atom. The molecule has 1 amide bonds. The summed E-state index contributed by atoms with van der Waals surface area (Å²) in [6, 6.07) is 10.8. The highest BCUT2D eigenvalue weighted by atomic mass is 35.5. The van der Waals surface area contributed by atoms with Crippen molar-refractivity contribution in [2.75, 3.05) is 25.5 Å². The van der Waals surface area contributed by atoms with Crippen LogP contribution in [-0.4, -0.2) is 47.3 Å². The zero-order valence-electron chi connectivity index (χ0n) is 11.4. The molecule has 1 aromatic rings. The second-order valence-electron chi connectivity index (χ2n) is 4.98. The van der Waals surface area contributed by atoms with Crippen molar-refractivity contribution in [1.82, 2.24) is 9.80 Å². The Labute approximate surface area is 120 Å². The van der Waals surface area contributed by atoms with Gasteiger partial charge in [0.05, 0.1) is 0 Å². The van der Waals surface area contributed by atoms with Gasteiger partial charge in [0.15, 0.2) is 0 Å². The molecule has 1 aliphatic heterocycles. The Hall–Kier alpha value is -1.06. The SMILES string of the molecule is CCN(C(=O)CCl)C1CCN(Cc2ccccc2)C1. The van der Waals surface area contributed by atoms with Crippen LogP contribution < -0.4 is 0 Å². The highest BCUT2D eigenvalue weighted by Gasteiger charge is 2.29. The summed E-state index contributed by atoms with van der Waals surface area (Å²) in [6.45, 7) is 5.72. The Morgan fingerprint density at radius 2 is 2.16 bits per heavy atom. The number of benzene rings is 1. The average Bonchev–Trinajstić information content (AvgIpc) is 2.89. The first-order valence-electron chi connectivity index (χ1n) is 6.86. The van der Waals surface area contributed by atoms with Crippen molar-refractivity contribution in [2.45, 2.75) is 25.9 Å². The van der Waals surface area contributed by atoms with Gasteiger partial charge in [-0.05, 0) is 18.9 Å². The molecular weight excluding hydrogens is 260 g/mol. The number of alkyl halides is 1. The summed E-state index contributed by atoms with van der Waals surface area (Å²) in [5.41, 5.74) is 1.33. The third kappa shape index (κ3) is 3.71. The quantitative estimate of drug-likeness (QED) is 0.773. The number of likely N-dealkylation sites (N-methyl/N-ethyl adjacent to an activating group) is 1. The molecule has 1 saturated heterocycles. The van der Waals surface area contributed by atoms with Crippen molar-refractivity contribution in [1.29, 1.82) is 0 Å². The van der Waals surface area contributed by atoms with Crippen molar-refractivity contribution < 1.29 is 4.79 Å². The average molecular weight is 281 g/mol. The molecular formula is C15H21ClN2O. The van der Waals surface area contributed by atoms with Gasteiger partial charge in [0.2, 0.25) is 5.91 Å². The second-order valence-corrected chi connectivity index (χ2v) is 5.24. The smallest absolute Gasteiger partial charge is 0.237 e. The van der Waals surface area contributed by atoms with E-state index in [0.717, 1.165) is 32.6 Å². The lowest BCUT2D eigenvalue weighted by Gasteiger charge is -2.27. The van der Waals surface area contributed by atoms with E-state index in [1.807, 2.05) is 17.9 Å². The van der Waals surface area contributed by atoms with Crippen molar-refractivity contribution in [3.63, 3.8) is 0 Å². The van der Waals surface area contributed by atoms with E-state index >= 15 is 0 Å². The molecule has 1 aromatic carbocycles. The molecule has 1 atom stereocenters. The number of carbonyl (C=O) groups excluding carboxylic acids is 1. The van der Waals surface area contributed by atoms with E-state index in [0.29, 0.717) is 6.04 Å². The number of carbonyl (C=O) groups is 1. The summed E-state index contributed by atoms with van der Waals surface area (Å²) in [7, 11) is 0. The van der Waals surface area contributed by atoms with E-state index < -0.39 is 0 Å². The van der Waals surface area contributed by atoms with E-state index in [1.165, 1.54) is 5.56 Å². The minimum absolute atomic E-state index is 0.0516. The van der Waals surface area contributed by atoms with Gasteiger partial charge in [0.25, 0.3) is 0 Å². The first-order chi connectivity index (χ1) is 9.24. The molecule has 4 heteroatoms. The fourth-order valence-electron chi connectivity index (χ4n) is 2.77. The molecule has 1 aliphatic rings. The van der Waals surface area contributed by atoms with E-state index in [-0.39, 0.29) is 11.8 Å². The molecule has 0 N–H and O–H groups in total. The number of likely N-dealkylation sites (tertiary alicyclic amines) is 1. The van der Waals surface area contributed by atoms with Crippen LogP contribution in [0.3, 0.4) is 0 Å². The monoisotopic (exact) mass is 280 g/mol. The number of rotatable bonds is 5. The first kappa shape index (κ1) is 14.4. The summed E-state index contributed by atoms with van der Waals surface area (Å²) in [5, 5.41) is 0. The van der Waals surface area contributed by atoms with Crippen LogP contribution in [0.1, 0.15) is 18.9 Å². The lowest BCUT2D eigenvalue weighted by atomic mass is 10.2. The Balaban J connectivity index is 1.90. The molecule has 1 fully saturated rings. The molecule has 19 heavy (non-hydrogen) atoms. The van der Waals surface area contributed by atoms with Crippen LogP contribution in [0, 0.1) is 0 Å². The van der Waals surface area contributed by atoms with Gasteiger partial charge in [0.1, 0.15) is 5.88 Å². The second kappa shape index (κ2) is 6.92. The van der Waals surface area contributed by atoms with Gasteiger partial charge in [0, 0.05) is 32.2 Å². The van der Waals surface area contributed by atoms with Crippen LogP contribution in [0.15, 0.2) is 30.3 Å². The zero-order chi connectivity index (χ0) is 13.7. The lowest BCUT2D eigenvalue weighted by Crippen LogP contribution is -2.42. The molecule has 2 rings (SSSR count). The molecule has 1 heterocycles. The van der Waals surface area contributed by atoms with Crippen molar-refractivity contribution >= 4 is 17.5 Å². The van der Waals surface area contributed by atoms with Gasteiger partial charge in [-0.3, -0.25) is 9.69 Å². The summed E-state index contributed by atoms with van der Waals surface area (Å²) >= 11 is 5.67.